The molecule has 1 saturated heterocycles. The monoisotopic (exact) mass is 203 g/mol. The number of nitrogens with zero attached hydrogens (tertiary/aromatic N) is 1. The van der Waals surface area contributed by atoms with Crippen LogP contribution in [0.5, 0.6) is 0 Å². The van der Waals surface area contributed by atoms with Gasteiger partial charge in [0.2, 0.25) is 0 Å². The van der Waals surface area contributed by atoms with Crippen molar-refractivity contribution < 1.29 is 14.3 Å². The van der Waals surface area contributed by atoms with E-state index in [-0.39, 0.29) is 11.9 Å². The van der Waals surface area contributed by atoms with Crippen molar-refractivity contribution in [2.45, 2.75) is 32.9 Å². The first-order valence-corrected chi connectivity index (χ1v) is 5.04. The van der Waals surface area contributed by atoms with E-state index in [9.17, 15) is 4.79 Å². The lowest BCUT2D eigenvalue weighted by molar-refractivity contribution is -0.160. The van der Waals surface area contributed by atoms with Crippen molar-refractivity contribution in [3.05, 3.63) is 0 Å². The number of amides is 1. The Kier molecular flexibility index (Phi) is 6.49. The Bertz CT molecular complexity index is 173. The van der Waals surface area contributed by atoms with Crippen molar-refractivity contribution in [3.8, 4) is 0 Å². The van der Waals surface area contributed by atoms with Gasteiger partial charge in [-0.3, -0.25) is 4.79 Å². The first-order valence-electron chi connectivity index (χ1n) is 5.04. The molecular formula is C10H21NO3. The lowest BCUT2D eigenvalue weighted by Gasteiger charge is -2.34. The zero-order valence-electron chi connectivity index (χ0n) is 9.74. The topological polar surface area (TPSA) is 38.8 Å². The van der Waals surface area contributed by atoms with Crippen LogP contribution in [0.4, 0.5) is 0 Å². The standard InChI is InChI=1S/C8H15NO3.C2H6/c1-6-4-12-7(5-11-3)8(10)9(6)2;1-2/h6-7H,4-5H2,1-3H3;1-2H3. The highest BCUT2D eigenvalue weighted by Gasteiger charge is 2.31. The van der Waals surface area contributed by atoms with Crippen LogP contribution in [-0.4, -0.2) is 50.3 Å². The summed E-state index contributed by atoms with van der Waals surface area (Å²) in [4.78, 5) is 13.1. The fraction of sp³-hybridized carbons (Fsp3) is 0.900. The zero-order valence-corrected chi connectivity index (χ0v) is 9.74. The number of likely N-dealkylation sites (N-methyl/N-ethyl adjacent to an activating group) is 1. The lowest BCUT2D eigenvalue weighted by Crippen LogP contribution is -2.52. The SMILES string of the molecule is CC.COCC1OCC(C)N(C)C1=O. The van der Waals surface area contributed by atoms with Crippen LogP contribution >= 0.6 is 0 Å². The van der Waals surface area contributed by atoms with Crippen LogP contribution in [0.3, 0.4) is 0 Å². The minimum atomic E-state index is -0.406. The largest absolute Gasteiger partial charge is 0.381 e. The van der Waals surface area contributed by atoms with Gasteiger partial charge < -0.3 is 14.4 Å². The third kappa shape index (κ3) is 3.27. The van der Waals surface area contributed by atoms with Gasteiger partial charge in [-0.15, -0.1) is 0 Å². The maximum Gasteiger partial charge on any atom is 0.254 e. The molecule has 0 saturated carbocycles. The van der Waals surface area contributed by atoms with Gasteiger partial charge in [-0.25, -0.2) is 0 Å². The lowest BCUT2D eigenvalue weighted by atomic mass is 10.2. The summed E-state index contributed by atoms with van der Waals surface area (Å²) in [5.74, 6) is 0.00981. The molecule has 14 heavy (non-hydrogen) atoms. The Morgan fingerprint density at radius 3 is 2.64 bits per heavy atom. The molecule has 1 rings (SSSR count). The summed E-state index contributed by atoms with van der Waals surface area (Å²) in [7, 11) is 3.35. The molecule has 1 fully saturated rings. The van der Waals surface area contributed by atoms with Crippen LogP contribution in [0, 0.1) is 0 Å². The van der Waals surface area contributed by atoms with Crippen LogP contribution in [0.25, 0.3) is 0 Å². The smallest absolute Gasteiger partial charge is 0.254 e. The van der Waals surface area contributed by atoms with Gasteiger partial charge in [0.05, 0.1) is 19.3 Å². The molecule has 0 N–H and O–H groups in total. The molecule has 1 aliphatic rings. The first kappa shape index (κ1) is 13.4. The molecular weight excluding hydrogens is 182 g/mol. The van der Waals surface area contributed by atoms with E-state index in [2.05, 4.69) is 0 Å². The number of hydrogen-bond acceptors (Lipinski definition) is 3. The fourth-order valence-corrected chi connectivity index (χ4v) is 1.15. The third-order valence-corrected chi connectivity index (χ3v) is 2.14. The number of carbonyl (C=O) groups is 1. The maximum atomic E-state index is 11.4. The van der Waals surface area contributed by atoms with Crippen molar-refractivity contribution in [1.82, 2.24) is 4.90 Å². The second-order valence-electron chi connectivity index (χ2n) is 3.08. The molecule has 0 spiro atoms. The normalized spacial score (nSPS) is 26.9. The van der Waals surface area contributed by atoms with E-state index in [0.29, 0.717) is 13.2 Å². The summed E-state index contributed by atoms with van der Waals surface area (Å²) in [6.45, 7) is 6.90. The van der Waals surface area contributed by atoms with Crippen molar-refractivity contribution in [2.24, 2.45) is 0 Å². The molecule has 4 nitrogen and oxygen atoms in total. The van der Waals surface area contributed by atoms with E-state index in [0.717, 1.165) is 0 Å². The Balaban J connectivity index is 0.000000791. The van der Waals surface area contributed by atoms with E-state index in [1.54, 1.807) is 19.1 Å². The quantitative estimate of drug-likeness (QED) is 0.669. The molecule has 1 heterocycles. The number of ether oxygens (including phenoxy) is 2. The Morgan fingerprint density at radius 1 is 1.57 bits per heavy atom. The molecule has 0 aromatic heterocycles. The number of hydrogen-bond donors (Lipinski definition) is 0. The van der Waals surface area contributed by atoms with Crippen molar-refractivity contribution in [3.63, 3.8) is 0 Å². The Morgan fingerprint density at radius 2 is 2.14 bits per heavy atom. The summed E-state index contributed by atoms with van der Waals surface area (Å²) in [5.41, 5.74) is 0. The van der Waals surface area contributed by atoms with E-state index in [1.807, 2.05) is 20.8 Å². The van der Waals surface area contributed by atoms with E-state index >= 15 is 0 Å². The van der Waals surface area contributed by atoms with Gasteiger partial charge in [-0.05, 0) is 6.92 Å². The predicted molar refractivity (Wildman–Crippen MR) is 55.2 cm³/mol. The van der Waals surface area contributed by atoms with Crippen molar-refractivity contribution in [2.75, 3.05) is 27.4 Å². The second kappa shape index (κ2) is 6.79. The number of rotatable bonds is 2. The van der Waals surface area contributed by atoms with Gasteiger partial charge in [0.25, 0.3) is 5.91 Å². The molecule has 1 aliphatic heterocycles. The summed E-state index contributed by atoms with van der Waals surface area (Å²) in [6.07, 6.45) is -0.406. The van der Waals surface area contributed by atoms with Gasteiger partial charge in [-0.2, -0.15) is 0 Å². The molecule has 0 aromatic carbocycles. The van der Waals surface area contributed by atoms with Crippen LogP contribution in [0.2, 0.25) is 0 Å². The highest BCUT2D eigenvalue weighted by atomic mass is 16.5. The molecule has 4 heteroatoms. The number of methoxy groups -OCH3 is 1. The molecule has 0 aromatic rings. The summed E-state index contributed by atoms with van der Waals surface area (Å²) in [5, 5.41) is 0. The molecule has 0 aliphatic carbocycles. The highest BCUT2D eigenvalue weighted by molar-refractivity contribution is 5.81. The average Bonchev–Trinajstić information content (AvgIpc) is 2.22. The van der Waals surface area contributed by atoms with Crippen molar-refractivity contribution in [1.29, 1.82) is 0 Å². The van der Waals surface area contributed by atoms with Crippen LogP contribution in [-0.2, 0) is 14.3 Å². The number of morpholine rings is 1. The average molecular weight is 203 g/mol. The van der Waals surface area contributed by atoms with E-state index in [1.165, 1.54) is 0 Å². The molecule has 84 valence electrons. The van der Waals surface area contributed by atoms with Gasteiger partial charge in [0, 0.05) is 14.2 Å². The molecule has 2 atom stereocenters. The fourth-order valence-electron chi connectivity index (χ4n) is 1.15. The summed E-state index contributed by atoms with van der Waals surface area (Å²) >= 11 is 0. The summed E-state index contributed by atoms with van der Waals surface area (Å²) in [6, 6.07) is 0.172. The molecule has 0 bridgehead atoms. The predicted octanol–water partition coefficient (Wildman–Crippen LogP) is 0.905. The second-order valence-corrected chi connectivity index (χ2v) is 3.08. The Hall–Kier alpha value is -0.610. The Labute approximate surface area is 86.2 Å². The maximum absolute atomic E-state index is 11.4. The third-order valence-electron chi connectivity index (χ3n) is 2.14. The minimum Gasteiger partial charge on any atom is -0.381 e. The minimum absolute atomic E-state index is 0.00981. The van der Waals surface area contributed by atoms with E-state index in [4.69, 9.17) is 9.47 Å². The number of carbonyl (C=O) groups excluding carboxylic acids is 1. The highest BCUT2D eigenvalue weighted by Crippen LogP contribution is 2.10. The molecule has 0 radical (unpaired) electrons. The first-order chi connectivity index (χ1) is 6.66. The summed E-state index contributed by atoms with van der Waals surface area (Å²) < 4.78 is 10.2. The van der Waals surface area contributed by atoms with Crippen molar-refractivity contribution >= 4 is 5.91 Å². The zero-order chi connectivity index (χ0) is 11.1. The molecule has 1 amide bonds. The van der Waals surface area contributed by atoms with Crippen LogP contribution in [0.15, 0.2) is 0 Å². The van der Waals surface area contributed by atoms with Gasteiger partial charge >= 0.3 is 0 Å². The molecule has 2 unspecified atom stereocenters. The van der Waals surface area contributed by atoms with Gasteiger partial charge in [0.15, 0.2) is 6.10 Å². The van der Waals surface area contributed by atoms with Gasteiger partial charge in [-0.1, -0.05) is 13.8 Å². The van der Waals surface area contributed by atoms with Gasteiger partial charge in [0.1, 0.15) is 0 Å². The van der Waals surface area contributed by atoms with Crippen LogP contribution in [0.1, 0.15) is 20.8 Å². The van der Waals surface area contributed by atoms with Crippen LogP contribution < -0.4 is 0 Å². The van der Waals surface area contributed by atoms with E-state index < -0.39 is 6.10 Å².